The van der Waals surface area contributed by atoms with Crippen molar-refractivity contribution in [3.05, 3.63) is 35.1 Å². The third-order valence-electron chi connectivity index (χ3n) is 3.49. The molecule has 0 bridgehead atoms. The van der Waals surface area contributed by atoms with Crippen molar-refractivity contribution in [1.82, 2.24) is 0 Å². The second-order valence-corrected chi connectivity index (χ2v) is 5.17. The first-order chi connectivity index (χ1) is 8.65. The second-order valence-electron chi connectivity index (χ2n) is 5.17. The van der Waals surface area contributed by atoms with Crippen molar-refractivity contribution < 1.29 is 4.39 Å². The van der Waals surface area contributed by atoms with Gasteiger partial charge in [0.15, 0.2) is 0 Å². The Morgan fingerprint density at radius 1 is 1.11 bits per heavy atom. The Morgan fingerprint density at radius 2 is 1.78 bits per heavy atom. The van der Waals surface area contributed by atoms with Crippen LogP contribution in [-0.2, 0) is 0 Å². The molecule has 0 saturated heterocycles. The Bertz CT molecular complexity index is 349. The van der Waals surface area contributed by atoms with Crippen LogP contribution >= 0.6 is 0 Å². The molecule has 0 radical (unpaired) electrons. The summed E-state index contributed by atoms with van der Waals surface area (Å²) < 4.78 is 13.4. The summed E-state index contributed by atoms with van der Waals surface area (Å²) in [7, 11) is 0. The summed E-state index contributed by atoms with van der Waals surface area (Å²) in [4.78, 5) is 0. The number of hydrogen-bond acceptors (Lipinski definition) is 1. The number of rotatable bonds is 8. The summed E-state index contributed by atoms with van der Waals surface area (Å²) >= 11 is 0. The number of hydrogen-bond donors (Lipinski definition) is 1. The van der Waals surface area contributed by atoms with Gasteiger partial charge in [-0.2, -0.15) is 0 Å². The molecule has 1 rings (SSSR count). The van der Waals surface area contributed by atoms with E-state index in [-0.39, 0.29) is 11.9 Å². The Morgan fingerprint density at radius 3 is 2.44 bits per heavy atom. The highest BCUT2D eigenvalue weighted by atomic mass is 19.1. The average molecular weight is 251 g/mol. The van der Waals surface area contributed by atoms with Crippen molar-refractivity contribution in [3.8, 4) is 0 Å². The van der Waals surface area contributed by atoms with E-state index >= 15 is 0 Å². The molecular weight excluding hydrogens is 225 g/mol. The minimum Gasteiger partial charge on any atom is -0.324 e. The van der Waals surface area contributed by atoms with Crippen LogP contribution in [0.5, 0.6) is 0 Å². The average Bonchev–Trinajstić information content (AvgIpc) is 2.36. The van der Waals surface area contributed by atoms with E-state index < -0.39 is 0 Å². The molecule has 0 aromatic heterocycles. The zero-order valence-electron chi connectivity index (χ0n) is 11.7. The van der Waals surface area contributed by atoms with Crippen molar-refractivity contribution >= 4 is 0 Å². The fourth-order valence-corrected chi connectivity index (χ4v) is 2.15. The predicted octanol–water partition coefficient (Wildman–Crippen LogP) is 4.88. The van der Waals surface area contributed by atoms with Gasteiger partial charge in [-0.1, -0.05) is 57.6 Å². The number of aryl methyl sites for hydroxylation is 1. The second kappa shape index (κ2) is 8.25. The molecule has 0 aliphatic rings. The van der Waals surface area contributed by atoms with Crippen LogP contribution in [-0.4, -0.2) is 0 Å². The molecule has 1 atom stereocenters. The van der Waals surface area contributed by atoms with Crippen molar-refractivity contribution in [2.45, 2.75) is 64.8 Å². The number of halogens is 1. The van der Waals surface area contributed by atoms with Crippen LogP contribution in [0.25, 0.3) is 0 Å². The molecule has 0 fully saturated rings. The van der Waals surface area contributed by atoms with E-state index in [2.05, 4.69) is 6.92 Å². The molecule has 1 nitrogen and oxygen atoms in total. The van der Waals surface area contributed by atoms with Crippen molar-refractivity contribution in [2.24, 2.45) is 5.73 Å². The van der Waals surface area contributed by atoms with E-state index in [0.29, 0.717) is 5.56 Å². The van der Waals surface area contributed by atoms with Crippen molar-refractivity contribution in [2.75, 3.05) is 0 Å². The van der Waals surface area contributed by atoms with Crippen molar-refractivity contribution in [3.63, 3.8) is 0 Å². The SMILES string of the molecule is CCCCCCCCC(N)c1ccc(C)c(F)c1. The molecule has 1 unspecified atom stereocenters. The van der Waals surface area contributed by atoms with E-state index in [9.17, 15) is 4.39 Å². The fraction of sp³-hybridized carbons (Fsp3) is 0.625. The predicted molar refractivity (Wildman–Crippen MR) is 76.1 cm³/mol. The topological polar surface area (TPSA) is 26.0 Å². The van der Waals surface area contributed by atoms with Gasteiger partial charge in [0, 0.05) is 6.04 Å². The van der Waals surface area contributed by atoms with Gasteiger partial charge in [-0.3, -0.25) is 0 Å². The maximum atomic E-state index is 13.4. The summed E-state index contributed by atoms with van der Waals surface area (Å²) in [6.07, 6.45) is 8.56. The molecule has 0 spiro atoms. The monoisotopic (exact) mass is 251 g/mol. The highest BCUT2D eigenvalue weighted by Gasteiger charge is 2.07. The molecule has 0 aliphatic carbocycles. The van der Waals surface area contributed by atoms with Gasteiger partial charge < -0.3 is 5.73 Å². The summed E-state index contributed by atoms with van der Waals surface area (Å²) in [6, 6.07) is 5.31. The molecule has 2 N–H and O–H groups in total. The van der Waals surface area contributed by atoms with Gasteiger partial charge in [0.2, 0.25) is 0 Å². The molecule has 0 heterocycles. The highest BCUT2D eigenvalue weighted by molar-refractivity contribution is 5.25. The summed E-state index contributed by atoms with van der Waals surface area (Å²) in [6.45, 7) is 4.00. The molecular formula is C16H26FN. The van der Waals surface area contributed by atoms with E-state index in [0.717, 1.165) is 18.4 Å². The Kier molecular flexibility index (Phi) is 6.96. The van der Waals surface area contributed by atoms with E-state index in [1.54, 1.807) is 13.0 Å². The number of nitrogens with two attached hydrogens (primary N) is 1. The minimum atomic E-state index is -0.147. The van der Waals surface area contributed by atoms with E-state index in [4.69, 9.17) is 5.73 Å². The van der Waals surface area contributed by atoms with Gasteiger partial charge in [-0.25, -0.2) is 4.39 Å². The van der Waals surface area contributed by atoms with Gasteiger partial charge in [-0.05, 0) is 30.5 Å². The van der Waals surface area contributed by atoms with E-state index in [1.807, 2.05) is 12.1 Å². The number of unbranched alkanes of at least 4 members (excludes halogenated alkanes) is 5. The smallest absolute Gasteiger partial charge is 0.126 e. The highest BCUT2D eigenvalue weighted by Crippen LogP contribution is 2.20. The molecule has 1 aromatic rings. The molecule has 18 heavy (non-hydrogen) atoms. The van der Waals surface area contributed by atoms with Crippen LogP contribution in [0, 0.1) is 12.7 Å². The summed E-state index contributed by atoms with van der Waals surface area (Å²) in [5.41, 5.74) is 7.70. The van der Waals surface area contributed by atoms with Gasteiger partial charge in [0.1, 0.15) is 5.82 Å². The Labute approximate surface area is 111 Å². The molecule has 0 saturated carbocycles. The largest absolute Gasteiger partial charge is 0.324 e. The number of benzene rings is 1. The molecule has 0 amide bonds. The third kappa shape index (κ3) is 5.18. The lowest BCUT2D eigenvalue weighted by molar-refractivity contribution is 0.543. The van der Waals surface area contributed by atoms with Gasteiger partial charge in [0.25, 0.3) is 0 Å². The standard InChI is InChI=1S/C16H26FN/c1-3-4-5-6-7-8-9-16(18)14-11-10-13(2)15(17)12-14/h10-12,16H,3-9,18H2,1-2H3. The fourth-order valence-electron chi connectivity index (χ4n) is 2.15. The van der Waals surface area contributed by atoms with Crippen LogP contribution in [0.3, 0.4) is 0 Å². The maximum absolute atomic E-state index is 13.4. The van der Waals surface area contributed by atoms with E-state index in [1.165, 1.54) is 32.1 Å². The third-order valence-corrected chi connectivity index (χ3v) is 3.49. The quantitative estimate of drug-likeness (QED) is 0.654. The Balaban J connectivity index is 2.27. The van der Waals surface area contributed by atoms with Crippen LogP contribution in [0.4, 0.5) is 4.39 Å². The first-order valence-electron chi connectivity index (χ1n) is 7.16. The summed E-state index contributed by atoms with van der Waals surface area (Å²) in [5.74, 6) is -0.147. The molecule has 0 aliphatic heterocycles. The normalized spacial score (nSPS) is 12.7. The zero-order chi connectivity index (χ0) is 13.4. The lowest BCUT2D eigenvalue weighted by atomic mass is 9.99. The van der Waals surface area contributed by atoms with Gasteiger partial charge in [-0.15, -0.1) is 0 Å². The Hall–Kier alpha value is -0.890. The lowest BCUT2D eigenvalue weighted by Crippen LogP contribution is -2.10. The van der Waals surface area contributed by atoms with Gasteiger partial charge >= 0.3 is 0 Å². The first-order valence-corrected chi connectivity index (χ1v) is 7.16. The zero-order valence-corrected chi connectivity index (χ0v) is 11.7. The van der Waals surface area contributed by atoms with Crippen LogP contribution < -0.4 is 5.73 Å². The molecule has 1 aromatic carbocycles. The summed E-state index contributed by atoms with van der Waals surface area (Å²) in [5, 5.41) is 0. The van der Waals surface area contributed by atoms with Crippen molar-refractivity contribution in [1.29, 1.82) is 0 Å². The minimum absolute atomic E-state index is 0.0220. The van der Waals surface area contributed by atoms with Gasteiger partial charge in [0.05, 0.1) is 0 Å². The first kappa shape index (κ1) is 15.2. The molecule has 102 valence electrons. The lowest BCUT2D eigenvalue weighted by Gasteiger charge is -2.12. The maximum Gasteiger partial charge on any atom is 0.126 e. The van der Waals surface area contributed by atoms with Crippen LogP contribution in [0.1, 0.15) is 69.0 Å². The van der Waals surface area contributed by atoms with Crippen LogP contribution in [0.15, 0.2) is 18.2 Å². The van der Waals surface area contributed by atoms with Crippen LogP contribution in [0.2, 0.25) is 0 Å². The molecule has 2 heteroatoms.